The summed E-state index contributed by atoms with van der Waals surface area (Å²) in [4.78, 5) is 15.7. The quantitative estimate of drug-likeness (QED) is 0.212. The van der Waals surface area contributed by atoms with Gasteiger partial charge in [0.15, 0.2) is 0 Å². The number of nitrogens with two attached hydrogens (primary N) is 1. The van der Waals surface area contributed by atoms with E-state index in [0.29, 0.717) is 17.9 Å². The third-order valence-electron chi connectivity index (χ3n) is 5.47. The Bertz CT molecular complexity index is 1480. The minimum absolute atomic E-state index is 0.103. The summed E-state index contributed by atoms with van der Waals surface area (Å²) in [6.45, 7) is 9.71. The summed E-state index contributed by atoms with van der Waals surface area (Å²) < 4.78 is 37.9. The van der Waals surface area contributed by atoms with Gasteiger partial charge in [-0.3, -0.25) is 0 Å². The number of nitrogens with zero attached hydrogens (tertiary/aromatic N) is 1. The van der Waals surface area contributed by atoms with E-state index in [2.05, 4.69) is 28.8 Å². The van der Waals surface area contributed by atoms with E-state index >= 15 is 0 Å². The van der Waals surface area contributed by atoms with Crippen molar-refractivity contribution in [3.8, 4) is 11.5 Å². The first-order valence-corrected chi connectivity index (χ1v) is 13.9. The van der Waals surface area contributed by atoms with Gasteiger partial charge in [-0.2, -0.15) is 0 Å². The number of oxazole rings is 1. The summed E-state index contributed by atoms with van der Waals surface area (Å²) >= 11 is 0. The zero-order valence-electron chi connectivity index (χ0n) is 23.2. The summed E-state index contributed by atoms with van der Waals surface area (Å²) in [6, 6.07) is 17.9. The van der Waals surface area contributed by atoms with Gasteiger partial charge in [-0.15, -0.1) is 0 Å². The lowest BCUT2D eigenvalue weighted by molar-refractivity contribution is 0.0599. The Kier molecular flexibility index (Phi) is 11.9. The Labute approximate surface area is 230 Å². The van der Waals surface area contributed by atoms with Crippen LogP contribution in [0.4, 0.5) is 0 Å². The van der Waals surface area contributed by atoms with E-state index < -0.39 is 16.0 Å². The number of methoxy groups -OCH3 is 1. The van der Waals surface area contributed by atoms with Crippen molar-refractivity contribution in [3.63, 3.8) is 0 Å². The van der Waals surface area contributed by atoms with Crippen LogP contribution in [0.25, 0.3) is 11.5 Å². The summed E-state index contributed by atoms with van der Waals surface area (Å²) in [5, 5.41) is 4.94. The Morgan fingerprint density at radius 1 is 1.03 bits per heavy atom. The molecule has 0 amide bonds. The lowest BCUT2D eigenvalue weighted by atomic mass is 10.1. The van der Waals surface area contributed by atoms with E-state index in [0.717, 1.165) is 35.0 Å². The van der Waals surface area contributed by atoms with Crippen LogP contribution in [0, 0.1) is 20.8 Å². The van der Waals surface area contributed by atoms with Crippen LogP contribution >= 0.6 is 0 Å². The number of carbonyl (C=O) groups excluding carboxylic acids is 1. The molecule has 0 radical (unpaired) electrons. The van der Waals surface area contributed by atoms with Gasteiger partial charge in [-0.05, 0) is 76.1 Å². The maximum absolute atomic E-state index is 11.3. The van der Waals surface area contributed by atoms with Gasteiger partial charge >= 0.3 is 5.97 Å². The summed E-state index contributed by atoms with van der Waals surface area (Å²) in [5.41, 5.74) is 2.75. The molecule has 0 aliphatic rings. The molecule has 0 saturated heterocycles. The number of sulfonamides is 1. The monoisotopic (exact) mass is 552 g/mol. The van der Waals surface area contributed by atoms with Crippen LogP contribution in [-0.2, 0) is 21.2 Å². The largest absolute Gasteiger partial charge is 0.466 e. The summed E-state index contributed by atoms with van der Waals surface area (Å²) in [7, 11) is -2.56. The van der Waals surface area contributed by atoms with E-state index in [4.69, 9.17) is 14.0 Å². The van der Waals surface area contributed by atoms with Gasteiger partial charge in [0.25, 0.3) is 0 Å². The van der Waals surface area contributed by atoms with Gasteiger partial charge in [-0.1, -0.05) is 43.3 Å². The number of aromatic nitrogens is 1. The summed E-state index contributed by atoms with van der Waals surface area (Å²) in [5.74, 6) is 2.75. The fraction of sp³-hybridized carbons (Fsp3) is 0.267. The lowest BCUT2D eigenvalue weighted by Gasteiger charge is -2.05. The van der Waals surface area contributed by atoms with Gasteiger partial charge in [0.05, 0.1) is 29.7 Å². The number of hydrogen-bond acceptors (Lipinski definition) is 7. The van der Waals surface area contributed by atoms with Crippen LogP contribution in [-0.4, -0.2) is 26.5 Å². The van der Waals surface area contributed by atoms with Crippen molar-refractivity contribution in [2.24, 2.45) is 5.14 Å². The van der Waals surface area contributed by atoms with Crippen LogP contribution < -0.4 is 5.14 Å². The molecule has 0 fully saturated rings. The molecule has 4 aromatic rings. The Hall–Kier alpha value is -3.95. The molecule has 0 unspecified atom stereocenters. The minimum atomic E-state index is -3.79. The molecule has 2 aromatic carbocycles. The molecule has 0 saturated carbocycles. The van der Waals surface area contributed by atoms with E-state index in [1.54, 1.807) is 6.92 Å². The predicted molar refractivity (Wildman–Crippen MR) is 152 cm³/mol. The molecule has 8 nitrogen and oxygen atoms in total. The van der Waals surface area contributed by atoms with Crippen LogP contribution in [0.5, 0.6) is 0 Å². The van der Waals surface area contributed by atoms with Crippen molar-refractivity contribution in [1.29, 1.82) is 0 Å². The number of allylic oxidation sites excluding steroid dienone is 2. The molecule has 9 heteroatoms. The van der Waals surface area contributed by atoms with Crippen LogP contribution in [0.2, 0.25) is 0 Å². The van der Waals surface area contributed by atoms with Crippen molar-refractivity contribution in [2.75, 3.05) is 7.11 Å². The second-order valence-corrected chi connectivity index (χ2v) is 10.1. The van der Waals surface area contributed by atoms with Gasteiger partial charge in [-0.25, -0.2) is 23.3 Å². The fourth-order valence-electron chi connectivity index (χ4n) is 3.39. The Morgan fingerprint density at radius 3 is 2.23 bits per heavy atom. The first-order valence-electron chi connectivity index (χ1n) is 12.4. The standard InChI is InChI=1S/C16H15NO2.C9H11NO4S.C5H10/c1-11-8-9-14(18-11)10-15-12(2)19-16(17-15)13-6-4-3-5-7-13;1-6-3-4-7(15(10,12)13)5-8(6)9(11)14-2;1-3-5-4-2/h3-9H,10H2,1-2H3;3-5H,1-2H3,(H2,10,12,13);3,5H,4H2,1-2H3/b;;5-3-. The predicted octanol–water partition coefficient (Wildman–Crippen LogP) is 6.54. The van der Waals surface area contributed by atoms with Gasteiger partial charge < -0.3 is 13.6 Å². The third-order valence-corrected chi connectivity index (χ3v) is 6.38. The van der Waals surface area contributed by atoms with Crippen molar-refractivity contribution < 1.29 is 26.8 Å². The highest BCUT2D eigenvalue weighted by Crippen LogP contribution is 2.23. The number of benzene rings is 2. The summed E-state index contributed by atoms with van der Waals surface area (Å²) in [6.07, 6.45) is 6.01. The van der Waals surface area contributed by atoms with Gasteiger partial charge in [0, 0.05) is 5.56 Å². The molecule has 39 heavy (non-hydrogen) atoms. The molecule has 0 spiro atoms. The first-order chi connectivity index (χ1) is 18.5. The van der Waals surface area contributed by atoms with Gasteiger partial charge in [0.2, 0.25) is 15.9 Å². The molecule has 2 N–H and O–H groups in total. The van der Waals surface area contributed by atoms with E-state index in [1.807, 2.05) is 63.2 Å². The topological polar surface area (TPSA) is 126 Å². The number of esters is 1. The van der Waals surface area contributed by atoms with E-state index in [1.165, 1.54) is 25.3 Å². The van der Waals surface area contributed by atoms with Gasteiger partial charge in [0.1, 0.15) is 17.3 Å². The van der Waals surface area contributed by atoms with Crippen molar-refractivity contribution in [3.05, 3.63) is 107 Å². The maximum atomic E-state index is 11.3. The van der Waals surface area contributed by atoms with Crippen molar-refractivity contribution in [1.82, 2.24) is 4.98 Å². The number of rotatable bonds is 6. The lowest BCUT2D eigenvalue weighted by Crippen LogP contribution is -2.14. The molecule has 0 atom stereocenters. The highest BCUT2D eigenvalue weighted by molar-refractivity contribution is 7.89. The second kappa shape index (κ2) is 14.8. The van der Waals surface area contributed by atoms with Crippen molar-refractivity contribution in [2.45, 2.75) is 52.4 Å². The van der Waals surface area contributed by atoms with Crippen molar-refractivity contribution >= 4 is 16.0 Å². The number of carbonyl (C=O) groups is 1. The van der Waals surface area contributed by atoms with Crippen LogP contribution in [0.1, 0.15) is 59.2 Å². The second-order valence-electron chi connectivity index (χ2n) is 8.57. The average molecular weight is 553 g/mol. The smallest absolute Gasteiger partial charge is 0.338 e. The third kappa shape index (κ3) is 9.70. The molecule has 4 rings (SSSR count). The molecule has 0 aliphatic carbocycles. The Balaban J connectivity index is 0.000000239. The average Bonchev–Trinajstić information content (AvgIpc) is 3.49. The zero-order chi connectivity index (χ0) is 29.0. The minimum Gasteiger partial charge on any atom is -0.466 e. The molecular weight excluding hydrogens is 516 g/mol. The number of furan rings is 1. The number of primary sulfonamides is 1. The fourth-order valence-corrected chi connectivity index (χ4v) is 3.92. The molecule has 0 bridgehead atoms. The van der Waals surface area contributed by atoms with E-state index in [-0.39, 0.29) is 10.5 Å². The molecule has 2 heterocycles. The Morgan fingerprint density at radius 2 is 1.72 bits per heavy atom. The molecule has 0 aliphatic heterocycles. The molecular formula is C30H36N2O6S. The SMILES string of the molecule is C/C=C\CC.COC(=O)c1cc(S(N)(=O)=O)ccc1C.Cc1ccc(Cc2nc(-c3ccccc3)oc2C)o1. The zero-order valence-corrected chi connectivity index (χ0v) is 24.0. The molecule has 208 valence electrons. The number of aryl methyl sites for hydroxylation is 3. The first kappa shape index (κ1) is 31.3. The number of ether oxygens (including phenoxy) is 1. The highest BCUT2D eigenvalue weighted by atomic mass is 32.2. The molecule has 2 aromatic heterocycles. The van der Waals surface area contributed by atoms with E-state index in [9.17, 15) is 13.2 Å². The van der Waals surface area contributed by atoms with Crippen LogP contribution in [0.3, 0.4) is 0 Å². The maximum Gasteiger partial charge on any atom is 0.338 e. The number of hydrogen-bond donors (Lipinski definition) is 1. The highest BCUT2D eigenvalue weighted by Gasteiger charge is 2.15. The normalized spacial score (nSPS) is 10.8. The van der Waals surface area contributed by atoms with Crippen LogP contribution in [0.15, 0.2) is 86.5 Å².